The zero-order valence-electron chi connectivity index (χ0n) is 19.8. The molecule has 0 unspecified atom stereocenters. The maximum Gasteiger partial charge on any atom is 0.317 e. The first-order valence-electron chi connectivity index (χ1n) is 10.1. The SMILES string of the molecule is C[Si]1(C)O[Si](C)(C)O[Si](C)(CC[Si]2(C)O[Si](C)(C)O[Si](C)(C)O2)O[Si](C)(C)O1. The highest BCUT2D eigenvalue weighted by Gasteiger charge is 2.56. The molecule has 2 saturated heterocycles. The number of hydrogen-bond donors (Lipinski definition) is 0. The van der Waals surface area contributed by atoms with Crippen LogP contribution in [-0.4, -0.2) is 59.9 Å². The average Bonchev–Trinajstić information content (AvgIpc) is 2.25. The van der Waals surface area contributed by atoms with E-state index in [9.17, 15) is 0 Å². The minimum absolute atomic E-state index is 0.826. The van der Waals surface area contributed by atoms with E-state index in [0.717, 1.165) is 12.1 Å². The Morgan fingerprint density at radius 3 is 0.714 bits per heavy atom. The lowest BCUT2D eigenvalue weighted by atomic mass is 10.9. The molecule has 7 nitrogen and oxygen atoms in total. The van der Waals surface area contributed by atoms with Gasteiger partial charge in [0.15, 0.2) is 0 Å². The van der Waals surface area contributed by atoms with Gasteiger partial charge in [0.25, 0.3) is 0 Å². The van der Waals surface area contributed by atoms with Gasteiger partial charge in [0.05, 0.1) is 0 Å². The predicted octanol–water partition coefficient (Wildman–Crippen LogP) is 4.78. The van der Waals surface area contributed by atoms with Crippen LogP contribution in [0.5, 0.6) is 0 Å². The summed E-state index contributed by atoms with van der Waals surface area (Å²) in [6, 6.07) is 1.67. The molecule has 0 spiro atoms. The standard InChI is InChI=1S/C14H40O7Si7/c1-22(2)15-23(3,4)18-27(11,19-24(5,6)16-22)13-14-28(12)20-25(7,8)17-26(9,10)21-28/h13-14H2,1-12H3. The normalized spacial score (nSPS) is 32.1. The monoisotopic (exact) mass is 516 g/mol. The molecule has 2 fully saturated rings. The molecule has 2 aliphatic heterocycles. The van der Waals surface area contributed by atoms with Crippen molar-refractivity contribution >= 4 is 59.9 Å². The molecule has 2 heterocycles. The van der Waals surface area contributed by atoms with Crippen molar-refractivity contribution in [1.82, 2.24) is 0 Å². The Balaban J connectivity index is 2.20. The summed E-state index contributed by atoms with van der Waals surface area (Å²) in [4.78, 5) is 0. The molecular weight excluding hydrogens is 477 g/mol. The smallest absolute Gasteiger partial charge is 0.317 e. The van der Waals surface area contributed by atoms with Crippen molar-refractivity contribution in [2.45, 2.75) is 90.7 Å². The summed E-state index contributed by atoms with van der Waals surface area (Å²) >= 11 is 0. The molecule has 0 saturated carbocycles. The van der Waals surface area contributed by atoms with Crippen molar-refractivity contribution in [3.63, 3.8) is 0 Å². The molecule has 0 bridgehead atoms. The molecule has 0 aromatic heterocycles. The van der Waals surface area contributed by atoms with Crippen molar-refractivity contribution in [2.75, 3.05) is 0 Å². The zero-order chi connectivity index (χ0) is 21.9. The molecule has 2 rings (SSSR count). The first-order valence-corrected chi connectivity index (χ1v) is 29.2. The Kier molecular flexibility index (Phi) is 6.99. The van der Waals surface area contributed by atoms with Gasteiger partial charge in [-0.1, -0.05) is 0 Å². The van der Waals surface area contributed by atoms with E-state index < -0.39 is 59.9 Å². The van der Waals surface area contributed by atoms with Crippen LogP contribution in [-0.2, 0) is 28.8 Å². The van der Waals surface area contributed by atoms with E-state index in [1.165, 1.54) is 0 Å². The van der Waals surface area contributed by atoms with Crippen LogP contribution < -0.4 is 0 Å². The molecule has 28 heavy (non-hydrogen) atoms. The molecule has 14 heteroatoms. The van der Waals surface area contributed by atoms with E-state index in [2.05, 4.69) is 78.6 Å². The van der Waals surface area contributed by atoms with E-state index in [-0.39, 0.29) is 0 Å². The topological polar surface area (TPSA) is 64.6 Å². The van der Waals surface area contributed by atoms with Gasteiger partial charge in [-0.15, -0.1) is 0 Å². The summed E-state index contributed by atoms with van der Waals surface area (Å²) in [7, 11) is -16.2. The maximum absolute atomic E-state index is 6.70. The van der Waals surface area contributed by atoms with Gasteiger partial charge in [-0.25, -0.2) is 0 Å². The van der Waals surface area contributed by atoms with Crippen molar-refractivity contribution in [3.05, 3.63) is 0 Å². The molecule has 0 aliphatic carbocycles. The lowest BCUT2D eigenvalue weighted by molar-refractivity contribution is 0.223. The molecule has 0 N–H and O–H groups in total. The Labute approximate surface area is 179 Å². The first-order chi connectivity index (χ1) is 12.2. The van der Waals surface area contributed by atoms with Crippen LogP contribution in [0.25, 0.3) is 0 Å². The van der Waals surface area contributed by atoms with Crippen molar-refractivity contribution < 1.29 is 28.8 Å². The molecule has 0 atom stereocenters. The molecule has 0 radical (unpaired) electrons. The molecule has 166 valence electrons. The van der Waals surface area contributed by atoms with Crippen LogP contribution in [0.2, 0.25) is 90.7 Å². The minimum Gasteiger partial charge on any atom is -0.416 e. The highest BCUT2D eigenvalue weighted by Crippen LogP contribution is 2.38. The quantitative estimate of drug-likeness (QED) is 0.500. The highest BCUT2D eigenvalue weighted by molar-refractivity contribution is 6.95. The highest BCUT2D eigenvalue weighted by atomic mass is 28.5. The van der Waals surface area contributed by atoms with Gasteiger partial charge >= 0.3 is 59.9 Å². The largest absolute Gasteiger partial charge is 0.416 e. The van der Waals surface area contributed by atoms with Crippen LogP contribution in [0.4, 0.5) is 0 Å². The summed E-state index contributed by atoms with van der Waals surface area (Å²) in [5.41, 5.74) is 0. The predicted molar refractivity (Wildman–Crippen MR) is 128 cm³/mol. The van der Waals surface area contributed by atoms with Crippen molar-refractivity contribution in [1.29, 1.82) is 0 Å². The van der Waals surface area contributed by atoms with Gasteiger partial charge in [0.1, 0.15) is 0 Å². The zero-order valence-corrected chi connectivity index (χ0v) is 26.8. The second-order valence-corrected chi connectivity index (χ2v) is 35.7. The van der Waals surface area contributed by atoms with E-state index in [1.54, 1.807) is 0 Å². The lowest BCUT2D eigenvalue weighted by Gasteiger charge is -2.50. The van der Waals surface area contributed by atoms with Crippen molar-refractivity contribution in [2.24, 2.45) is 0 Å². The van der Waals surface area contributed by atoms with Gasteiger partial charge in [-0.2, -0.15) is 0 Å². The average molecular weight is 517 g/mol. The van der Waals surface area contributed by atoms with Gasteiger partial charge in [0.2, 0.25) is 0 Å². The molecule has 0 aromatic carbocycles. The Hall–Kier alpha value is 1.24. The summed E-state index contributed by atoms with van der Waals surface area (Å²) in [5.74, 6) is 0. The third-order valence-corrected chi connectivity index (χ3v) is 33.7. The number of hydrogen-bond acceptors (Lipinski definition) is 7. The van der Waals surface area contributed by atoms with Crippen LogP contribution in [0.1, 0.15) is 0 Å². The lowest BCUT2D eigenvalue weighted by Crippen LogP contribution is -2.67. The third kappa shape index (κ3) is 7.43. The van der Waals surface area contributed by atoms with Crippen LogP contribution in [0.3, 0.4) is 0 Å². The van der Waals surface area contributed by atoms with Crippen LogP contribution >= 0.6 is 0 Å². The van der Waals surface area contributed by atoms with Crippen LogP contribution in [0.15, 0.2) is 0 Å². The Bertz CT molecular complexity index is 559. The molecule has 2 aliphatic rings. The van der Waals surface area contributed by atoms with Crippen molar-refractivity contribution in [3.8, 4) is 0 Å². The Morgan fingerprint density at radius 2 is 0.500 bits per heavy atom. The second-order valence-electron chi connectivity index (χ2n) is 10.5. The Morgan fingerprint density at radius 1 is 0.321 bits per heavy atom. The fraction of sp³-hybridized carbons (Fsp3) is 1.00. The third-order valence-electron chi connectivity index (χ3n) is 4.35. The molecular formula is C14H40O7Si7. The summed E-state index contributed by atoms with van der Waals surface area (Å²) in [5, 5.41) is 0. The van der Waals surface area contributed by atoms with Gasteiger partial charge in [0, 0.05) is 0 Å². The molecule has 0 aromatic rings. The first kappa shape index (κ1) is 25.5. The fourth-order valence-corrected chi connectivity index (χ4v) is 44.6. The van der Waals surface area contributed by atoms with E-state index in [0.29, 0.717) is 0 Å². The molecule has 0 amide bonds. The van der Waals surface area contributed by atoms with E-state index in [4.69, 9.17) is 28.8 Å². The van der Waals surface area contributed by atoms with E-state index >= 15 is 0 Å². The maximum atomic E-state index is 6.70. The second kappa shape index (κ2) is 7.68. The van der Waals surface area contributed by atoms with Gasteiger partial charge < -0.3 is 28.8 Å². The van der Waals surface area contributed by atoms with Crippen LogP contribution in [0, 0.1) is 0 Å². The minimum atomic E-state index is -2.52. The summed E-state index contributed by atoms with van der Waals surface area (Å²) in [6.45, 7) is 25.4. The van der Waals surface area contributed by atoms with E-state index in [1.807, 2.05) is 0 Å². The van der Waals surface area contributed by atoms with Gasteiger partial charge in [-0.3, -0.25) is 0 Å². The summed E-state index contributed by atoms with van der Waals surface area (Å²) in [6.07, 6.45) is 0. The number of rotatable bonds is 3. The fourth-order valence-electron chi connectivity index (χ4n) is 4.66. The summed E-state index contributed by atoms with van der Waals surface area (Å²) < 4.78 is 45.4. The van der Waals surface area contributed by atoms with Gasteiger partial charge in [-0.05, 0) is 90.7 Å².